The number of carbonyl (C=O) groups excluding carboxylic acids is 1. The first-order valence-corrected chi connectivity index (χ1v) is 8.67. The van der Waals surface area contributed by atoms with Crippen molar-refractivity contribution in [3.05, 3.63) is 50.2 Å². The minimum atomic E-state index is -0.341. The predicted octanol–water partition coefficient (Wildman–Crippen LogP) is 0.693. The van der Waals surface area contributed by atoms with Gasteiger partial charge in [0.15, 0.2) is 0 Å². The summed E-state index contributed by atoms with van der Waals surface area (Å²) in [5, 5.41) is 3.04. The second-order valence-corrected chi connectivity index (χ2v) is 6.83. The summed E-state index contributed by atoms with van der Waals surface area (Å²) in [7, 11) is 3.11. The molecule has 1 amide bonds. The number of nitrogens with zero attached hydrogens (tertiary/aromatic N) is 3. The number of amides is 1. The number of aryl methyl sites for hydroxylation is 3. The number of rotatable bonds is 3. The van der Waals surface area contributed by atoms with E-state index in [0.29, 0.717) is 35.9 Å². The first kappa shape index (κ1) is 18.0. The molecule has 2 aromatic heterocycles. The molecule has 0 spiro atoms. The molecule has 0 atom stereocenters. The van der Waals surface area contributed by atoms with Crippen molar-refractivity contribution < 1.29 is 9.21 Å². The number of hydrogen-bond acceptors (Lipinski definition) is 5. The Kier molecular flexibility index (Phi) is 4.76. The highest BCUT2D eigenvalue weighted by Gasteiger charge is 2.24. The second kappa shape index (κ2) is 6.86. The molecule has 1 saturated heterocycles. The first-order chi connectivity index (χ1) is 12.3. The molecule has 140 valence electrons. The highest BCUT2D eigenvalue weighted by Crippen LogP contribution is 2.18. The molecule has 1 fully saturated rings. The van der Waals surface area contributed by atoms with E-state index in [4.69, 9.17) is 4.42 Å². The van der Waals surface area contributed by atoms with Gasteiger partial charge in [-0.05, 0) is 32.8 Å². The van der Waals surface area contributed by atoms with Gasteiger partial charge in [-0.2, -0.15) is 0 Å². The van der Waals surface area contributed by atoms with Crippen LogP contribution in [0.15, 0.2) is 26.3 Å². The smallest absolute Gasteiger partial charge is 0.330 e. The molecule has 0 unspecified atom stereocenters. The first-order valence-electron chi connectivity index (χ1n) is 8.67. The van der Waals surface area contributed by atoms with Crippen molar-refractivity contribution in [2.45, 2.75) is 32.7 Å². The van der Waals surface area contributed by atoms with Gasteiger partial charge in [0.2, 0.25) is 0 Å². The Morgan fingerprint density at radius 3 is 2.42 bits per heavy atom. The van der Waals surface area contributed by atoms with Crippen molar-refractivity contribution in [3.63, 3.8) is 0 Å². The zero-order chi connectivity index (χ0) is 19.0. The van der Waals surface area contributed by atoms with Crippen molar-refractivity contribution >= 4 is 11.6 Å². The second-order valence-electron chi connectivity index (χ2n) is 6.83. The molecule has 0 bridgehead atoms. The van der Waals surface area contributed by atoms with E-state index in [0.717, 1.165) is 17.4 Å². The van der Waals surface area contributed by atoms with Crippen molar-refractivity contribution in [1.29, 1.82) is 0 Å². The molecule has 0 radical (unpaired) electrons. The zero-order valence-electron chi connectivity index (χ0n) is 15.5. The summed E-state index contributed by atoms with van der Waals surface area (Å²) in [6.07, 6.45) is 3.04. The van der Waals surface area contributed by atoms with Crippen LogP contribution in [0.25, 0.3) is 0 Å². The molecule has 0 aliphatic carbocycles. The lowest BCUT2D eigenvalue weighted by Crippen LogP contribution is -2.47. The summed E-state index contributed by atoms with van der Waals surface area (Å²) < 4.78 is 7.94. The van der Waals surface area contributed by atoms with Crippen LogP contribution in [0.5, 0.6) is 0 Å². The molecule has 1 aliphatic rings. The van der Waals surface area contributed by atoms with Gasteiger partial charge in [-0.15, -0.1) is 0 Å². The van der Waals surface area contributed by atoms with Crippen molar-refractivity contribution in [1.82, 2.24) is 14.5 Å². The number of carbonyl (C=O) groups is 1. The van der Waals surface area contributed by atoms with E-state index >= 15 is 0 Å². The summed E-state index contributed by atoms with van der Waals surface area (Å²) >= 11 is 0. The van der Waals surface area contributed by atoms with Crippen molar-refractivity contribution in [3.8, 4) is 0 Å². The topological polar surface area (TPSA) is 89.5 Å². The SMILES string of the molecule is Cc1cc(C(=O)NC2CCN(c3cn(C)c(=O)n(C)c3=O)CC2)c(C)o1. The standard InChI is InChI=1S/C18H24N4O4/c1-11-9-14(12(2)26-11)16(23)19-13-5-7-22(8-6-13)15-10-20(3)18(25)21(4)17(15)24/h9-10,13H,5-8H2,1-4H3,(H,19,23). The van der Waals surface area contributed by atoms with Crippen LogP contribution >= 0.6 is 0 Å². The fraction of sp³-hybridized carbons (Fsp3) is 0.500. The van der Waals surface area contributed by atoms with E-state index in [-0.39, 0.29) is 23.2 Å². The number of piperidine rings is 1. The lowest BCUT2D eigenvalue weighted by atomic mass is 10.0. The Bertz CT molecular complexity index is 945. The molecule has 26 heavy (non-hydrogen) atoms. The minimum Gasteiger partial charge on any atom is -0.466 e. The van der Waals surface area contributed by atoms with Gasteiger partial charge in [-0.1, -0.05) is 0 Å². The Morgan fingerprint density at radius 2 is 1.85 bits per heavy atom. The number of anilines is 1. The van der Waals surface area contributed by atoms with Gasteiger partial charge in [-0.3, -0.25) is 14.2 Å². The molecule has 1 N–H and O–H groups in total. The van der Waals surface area contributed by atoms with E-state index in [1.807, 2.05) is 11.8 Å². The monoisotopic (exact) mass is 360 g/mol. The van der Waals surface area contributed by atoms with Gasteiger partial charge in [0.05, 0.1) is 5.56 Å². The normalized spacial score (nSPS) is 15.3. The predicted molar refractivity (Wildman–Crippen MR) is 97.8 cm³/mol. The average molecular weight is 360 g/mol. The fourth-order valence-electron chi connectivity index (χ4n) is 3.39. The highest BCUT2D eigenvalue weighted by atomic mass is 16.3. The summed E-state index contributed by atoms with van der Waals surface area (Å²) in [5.41, 5.74) is 0.448. The van der Waals surface area contributed by atoms with E-state index in [2.05, 4.69) is 5.32 Å². The molecular weight excluding hydrogens is 336 g/mol. The van der Waals surface area contributed by atoms with E-state index in [1.54, 1.807) is 26.2 Å². The third-order valence-corrected chi connectivity index (χ3v) is 4.88. The highest BCUT2D eigenvalue weighted by molar-refractivity contribution is 5.95. The lowest BCUT2D eigenvalue weighted by Gasteiger charge is -2.33. The molecule has 3 heterocycles. The van der Waals surface area contributed by atoms with Crippen LogP contribution < -0.4 is 21.5 Å². The number of aromatic nitrogens is 2. The summed E-state index contributed by atoms with van der Waals surface area (Å²) in [5.74, 6) is 1.20. The summed E-state index contributed by atoms with van der Waals surface area (Å²) in [4.78, 5) is 38.5. The van der Waals surface area contributed by atoms with Crippen LogP contribution in [0.1, 0.15) is 34.7 Å². The molecule has 3 rings (SSSR count). The van der Waals surface area contributed by atoms with Gasteiger partial charge in [0, 0.05) is 39.4 Å². The number of nitrogens with one attached hydrogen (secondary N) is 1. The Morgan fingerprint density at radius 1 is 1.19 bits per heavy atom. The fourth-order valence-corrected chi connectivity index (χ4v) is 3.39. The molecule has 1 aliphatic heterocycles. The average Bonchev–Trinajstić information content (AvgIpc) is 2.95. The van der Waals surface area contributed by atoms with Crippen LogP contribution in [0.4, 0.5) is 5.69 Å². The maximum absolute atomic E-state index is 12.4. The quantitative estimate of drug-likeness (QED) is 0.870. The van der Waals surface area contributed by atoms with E-state index < -0.39 is 0 Å². The van der Waals surface area contributed by atoms with Gasteiger partial charge < -0.3 is 19.2 Å². The third kappa shape index (κ3) is 3.31. The minimum absolute atomic E-state index is 0.0461. The maximum atomic E-state index is 12.4. The maximum Gasteiger partial charge on any atom is 0.330 e. The van der Waals surface area contributed by atoms with Crippen LogP contribution in [0.2, 0.25) is 0 Å². The molecular formula is C18H24N4O4. The molecule has 0 aromatic carbocycles. The Hall–Kier alpha value is -2.77. The van der Waals surface area contributed by atoms with Crippen molar-refractivity contribution in [2.75, 3.05) is 18.0 Å². The van der Waals surface area contributed by atoms with Crippen molar-refractivity contribution in [2.24, 2.45) is 14.1 Å². The molecule has 8 nitrogen and oxygen atoms in total. The molecule has 0 saturated carbocycles. The van der Waals surface area contributed by atoms with E-state index in [9.17, 15) is 14.4 Å². The molecule has 8 heteroatoms. The lowest BCUT2D eigenvalue weighted by molar-refractivity contribution is 0.0929. The number of furan rings is 1. The van der Waals surface area contributed by atoms with E-state index in [1.165, 1.54) is 11.6 Å². The number of hydrogen-bond donors (Lipinski definition) is 1. The van der Waals surface area contributed by atoms with Crippen LogP contribution in [-0.4, -0.2) is 34.2 Å². The Labute approximate surface area is 151 Å². The van der Waals surface area contributed by atoms with Crippen LogP contribution in [0, 0.1) is 13.8 Å². The Balaban J connectivity index is 1.67. The largest absolute Gasteiger partial charge is 0.466 e. The van der Waals surface area contributed by atoms with Crippen LogP contribution in [-0.2, 0) is 14.1 Å². The van der Waals surface area contributed by atoms with Gasteiger partial charge in [0.1, 0.15) is 17.2 Å². The van der Waals surface area contributed by atoms with Gasteiger partial charge in [-0.25, -0.2) is 4.79 Å². The molecule has 2 aromatic rings. The summed E-state index contributed by atoms with van der Waals surface area (Å²) in [6, 6.07) is 1.79. The zero-order valence-corrected chi connectivity index (χ0v) is 15.5. The van der Waals surface area contributed by atoms with Gasteiger partial charge >= 0.3 is 5.69 Å². The summed E-state index contributed by atoms with van der Waals surface area (Å²) in [6.45, 7) is 4.87. The van der Waals surface area contributed by atoms with Gasteiger partial charge in [0.25, 0.3) is 11.5 Å². The third-order valence-electron chi connectivity index (χ3n) is 4.88. The van der Waals surface area contributed by atoms with Crippen LogP contribution in [0.3, 0.4) is 0 Å².